The highest BCUT2D eigenvalue weighted by atomic mass is 127. The molecule has 1 heterocycles. The fourth-order valence-electron chi connectivity index (χ4n) is 2.43. The minimum atomic E-state index is 0. The van der Waals surface area contributed by atoms with Gasteiger partial charge in [-0.3, -0.25) is 9.67 Å². The fraction of sp³-hybridized carbons (Fsp3) is 0.765. The number of aliphatic imine (C=N–C) groups is 1. The molecule has 1 aromatic heterocycles. The molecule has 0 aromatic carbocycles. The average Bonchev–Trinajstić information content (AvgIpc) is 2.78. The van der Waals surface area contributed by atoms with Gasteiger partial charge in [0.05, 0.1) is 5.69 Å². The number of rotatable bonds is 8. The zero-order valence-electron chi connectivity index (χ0n) is 15.6. The number of aryl methyl sites for hydroxylation is 2. The maximum absolute atomic E-state index is 4.79. The number of unbranched alkanes of at least 4 members (excludes halogenated alkanes) is 1. The van der Waals surface area contributed by atoms with Crippen LogP contribution in [0.4, 0.5) is 0 Å². The average molecular weight is 435 g/mol. The normalized spacial score (nSPS) is 12.7. The standard InChI is InChI=1S/C17H33N5.HI/c1-7-9-10-21(6)17(18-8-2)19-12-14(3)13-22-16(5)11-15(4)20-22;/h11,14H,7-10,12-13H2,1-6H3,(H,18,19);1H. The molecule has 0 aliphatic carbocycles. The van der Waals surface area contributed by atoms with E-state index >= 15 is 0 Å². The third-order valence-electron chi connectivity index (χ3n) is 3.68. The molecule has 23 heavy (non-hydrogen) atoms. The molecule has 6 heteroatoms. The highest BCUT2D eigenvalue weighted by Crippen LogP contribution is 2.07. The predicted octanol–water partition coefficient (Wildman–Crippen LogP) is 3.45. The summed E-state index contributed by atoms with van der Waals surface area (Å²) in [6, 6.07) is 2.12. The summed E-state index contributed by atoms with van der Waals surface area (Å²) >= 11 is 0. The second-order valence-electron chi connectivity index (χ2n) is 6.18. The summed E-state index contributed by atoms with van der Waals surface area (Å²) in [6.45, 7) is 14.4. The molecule has 0 spiro atoms. The molecule has 1 unspecified atom stereocenters. The topological polar surface area (TPSA) is 45.5 Å². The van der Waals surface area contributed by atoms with Crippen LogP contribution < -0.4 is 5.32 Å². The molecule has 134 valence electrons. The lowest BCUT2D eigenvalue weighted by molar-refractivity contribution is 0.436. The maximum atomic E-state index is 4.79. The van der Waals surface area contributed by atoms with Crippen molar-refractivity contribution in [1.82, 2.24) is 20.0 Å². The lowest BCUT2D eigenvalue weighted by atomic mass is 10.2. The molecule has 5 nitrogen and oxygen atoms in total. The van der Waals surface area contributed by atoms with E-state index in [9.17, 15) is 0 Å². The smallest absolute Gasteiger partial charge is 0.193 e. The molecule has 1 rings (SSSR count). The van der Waals surface area contributed by atoms with E-state index in [1.165, 1.54) is 18.5 Å². The largest absolute Gasteiger partial charge is 0.357 e. The third-order valence-corrected chi connectivity index (χ3v) is 3.68. The van der Waals surface area contributed by atoms with Gasteiger partial charge in [-0.1, -0.05) is 20.3 Å². The van der Waals surface area contributed by atoms with Gasteiger partial charge in [-0.2, -0.15) is 5.10 Å². The van der Waals surface area contributed by atoms with Gasteiger partial charge in [0, 0.05) is 38.9 Å². The summed E-state index contributed by atoms with van der Waals surface area (Å²) in [7, 11) is 2.11. The van der Waals surface area contributed by atoms with Crippen LogP contribution in [0.1, 0.15) is 45.0 Å². The van der Waals surface area contributed by atoms with Crippen molar-refractivity contribution in [2.24, 2.45) is 10.9 Å². The molecule has 0 saturated heterocycles. The quantitative estimate of drug-likeness (QED) is 0.387. The summed E-state index contributed by atoms with van der Waals surface area (Å²) < 4.78 is 2.09. The Morgan fingerprint density at radius 1 is 1.39 bits per heavy atom. The molecular weight excluding hydrogens is 401 g/mol. The first-order valence-electron chi connectivity index (χ1n) is 8.48. The predicted molar refractivity (Wildman–Crippen MR) is 110 cm³/mol. The number of hydrogen-bond donors (Lipinski definition) is 1. The highest BCUT2D eigenvalue weighted by Gasteiger charge is 2.09. The van der Waals surface area contributed by atoms with Crippen LogP contribution >= 0.6 is 24.0 Å². The van der Waals surface area contributed by atoms with Crippen LogP contribution in [0, 0.1) is 19.8 Å². The van der Waals surface area contributed by atoms with Gasteiger partial charge in [0.2, 0.25) is 0 Å². The van der Waals surface area contributed by atoms with Gasteiger partial charge in [0.25, 0.3) is 0 Å². The van der Waals surface area contributed by atoms with E-state index in [0.29, 0.717) is 5.92 Å². The number of halogens is 1. The molecule has 0 radical (unpaired) electrons. The van der Waals surface area contributed by atoms with Gasteiger partial charge in [0.1, 0.15) is 0 Å². The van der Waals surface area contributed by atoms with Crippen LogP contribution in [0.3, 0.4) is 0 Å². The fourth-order valence-corrected chi connectivity index (χ4v) is 2.43. The first-order chi connectivity index (χ1) is 10.5. The Hall–Kier alpha value is -0.790. The van der Waals surface area contributed by atoms with E-state index in [1.807, 2.05) is 6.92 Å². The van der Waals surface area contributed by atoms with Crippen LogP contribution in [0.2, 0.25) is 0 Å². The van der Waals surface area contributed by atoms with Crippen molar-refractivity contribution >= 4 is 29.9 Å². The lowest BCUT2D eigenvalue weighted by Gasteiger charge is -2.22. The Morgan fingerprint density at radius 3 is 2.61 bits per heavy atom. The Labute approximate surface area is 158 Å². The van der Waals surface area contributed by atoms with E-state index in [4.69, 9.17) is 4.99 Å². The van der Waals surface area contributed by atoms with Gasteiger partial charge < -0.3 is 10.2 Å². The highest BCUT2D eigenvalue weighted by molar-refractivity contribution is 14.0. The monoisotopic (exact) mass is 435 g/mol. The summed E-state index contributed by atoms with van der Waals surface area (Å²) in [5.41, 5.74) is 2.31. The van der Waals surface area contributed by atoms with Crippen LogP contribution in [-0.4, -0.2) is 47.3 Å². The SMILES string of the molecule is CCCCN(C)C(=NCC(C)Cn1nc(C)cc1C)NCC.I. The lowest BCUT2D eigenvalue weighted by Crippen LogP contribution is -2.39. The van der Waals surface area contributed by atoms with Crippen LogP contribution in [0.15, 0.2) is 11.1 Å². The van der Waals surface area contributed by atoms with Crippen molar-refractivity contribution in [2.45, 2.75) is 54.0 Å². The Balaban J connectivity index is 0.00000484. The Morgan fingerprint density at radius 2 is 2.09 bits per heavy atom. The molecule has 0 aliphatic rings. The first kappa shape index (κ1) is 22.2. The minimum absolute atomic E-state index is 0. The second-order valence-corrected chi connectivity index (χ2v) is 6.18. The summed E-state index contributed by atoms with van der Waals surface area (Å²) in [5.74, 6) is 1.47. The summed E-state index contributed by atoms with van der Waals surface area (Å²) in [6.07, 6.45) is 2.40. The molecule has 0 aliphatic heterocycles. The van der Waals surface area contributed by atoms with Gasteiger partial charge in [-0.15, -0.1) is 24.0 Å². The van der Waals surface area contributed by atoms with E-state index < -0.39 is 0 Å². The van der Waals surface area contributed by atoms with Crippen LogP contribution in [0.25, 0.3) is 0 Å². The van der Waals surface area contributed by atoms with Crippen molar-refractivity contribution in [2.75, 3.05) is 26.7 Å². The van der Waals surface area contributed by atoms with Crippen molar-refractivity contribution in [3.8, 4) is 0 Å². The van der Waals surface area contributed by atoms with Crippen molar-refractivity contribution < 1.29 is 0 Å². The van der Waals surface area contributed by atoms with Crippen LogP contribution in [-0.2, 0) is 6.54 Å². The van der Waals surface area contributed by atoms with Crippen molar-refractivity contribution in [1.29, 1.82) is 0 Å². The van der Waals surface area contributed by atoms with Gasteiger partial charge in [-0.25, -0.2) is 0 Å². The van der Waals surface area contributed by atoms with Crippen molar-refractivity contribution in [3.63, 3.8) is 0 Å². The van der Waals surface area contributed by atoms with E-state index in [1.54, 1.807) is 0 Å². The minimum Gasteiger partial charge on any atom is -0.357 e. The molecular formula is C17H34IN5. The van der Waals surface area contributed by atoms with E-state index in [2.05, 4.69) is 60.8 Å². The number of hydrogen-bond acceptors (Lipinski definition) is 2. The molecule has 0 amide bonds. The Kier molecular flexibility index (Phi) is 11.3. The number of nitrogens with zero attached hydrogens (tertiary/aromatic N) is 4. The summed E-state index contributed by atoms with van der Waals surface area (Å²) in [5, 5.41) is 7.91. The molecule has 0 saturated carbocycles. The molecule has 1 atom stereocenters. The number of guanidine groups is 1. The third kappa shape index (κ3) is 8.04. The van der Waals surface area contributed by atoms with E-state index in [0.717, 1.165) is 37.8 Å². The number of aromatic nitrogens is 2. The molecule has 0 bridgehead atoms. The van der Waals surface area contributed by atoms with E-state index in [-0.39, 0.29) is 24.0 Å². The van der Waals surface area contributed by atoms with Gasteiger partial charge in [-0.05, 0) is 39.2 Å². The van der Waals surface area contributed by atoms with Gasteiger partial charge >= 0.3 is 0 Å². The zero-order chi connectivity index (χ0) is 16.5. The van der Waals surface area contributed by atoms with Crippen LogP contribution in [0.5, 0.6) is 0 Å². The second kappa shape index (κ2) is 11.7. The maximum Gasteiger partial charge on any atom is 0.193 e. The molecule has 1 aromatic rings. The van der Waals surface area contributed by atoms with Crippen molar-refractivity contribution in [3.05, 3.63) is 17.5 Å². The van der Waals surface area contributed by atoms with Gasteiger partial charge in [0.15, 0.2) is 5.96 Å². The molecule has 1 N–H and O–H groups in total. The molecule has 0 fully saturated rings. The summed E-state index contributed by atoms with van der Waals surface area (Å²) in [4.78, 5) is 7.01. The number of nitrogens with one attached hydrogen (secondary N) is 1. The Bertz CT molecular complexity index is 470. The zero-order valence-corrected chi connectivity index (χ0v) is 17.9. The first-order valence-corrected chi connectivity index (χ1v) is 8.48.